The van der Waals surface area contributed by atoms with Gasteiger partial charge in [0.2, 0.25) is 0 Å². The second-order valence-electron chi connectivity index (χ2n) is 3.73. The Balaban J connectivity index is 2.14. The van der Waals surface area contributed by atoms with Gasteiger partial charge >= 0.3 is 0 Å². The minimum Gasteiger partial charge on any atom is -0.329 e. The van der Waals surface area contributed by atoms with Crippen molar-refractivity contribution in [2.45, 2.75) is 13.5 Å². The van der Waals surface area contributed by atoms with Crippen molar-refractivity contribution in [1.29, 1.82) is 0 Å². The van der Waals surface area contributed by atoms with E-state index >= 15 is 0 Å². The van der Waals surface area contributed by atoms with E-state index in [1.165, 1.54) is 9.71 Å². The molecule has 0 fully saturated rings. The normalized spacial score (nSPS) is 11.4. The van der Waals surface area contributed by atoms with E-state index in [2.05, 4.69) is 35.0 Å². The Morgan fingerprint density at radius 1 is 1.38 bits per heavy atom. The summed E-state index contributed by atoms with van der Waals surface area (Å²) in [6.45, 7) is 5.73. The fraction of sp³-hybridized carbons (Fsp3) is 0.417. The molecule has 1 heterocycles. The first-order valence-electron chi connectivity index (χ1n) is 5.60. The molecule has 0 atom stereocenters. The summed E-state index contributed by atoms with van der Waals surface area (Å²) in [5, 5.41) is 1.18. The Kier molecular flexibility index (Phi) is 3.88. The highest BCUT2D eigenvalue weighted by atomic mass is 32.1. The van der Waals surface area contributed by atoms with Gasteiger partial charge in [0.15, 0.2) is 0 Å². The van der Waals surface area contributed by atoms with Gasteiger partial charge in [0.05, 0.1) is 16.8 Å². The molecule has 0 aliphatic carbocycles. The molecule has 0 amide bonds. The molecule has 0 bridgehead atoms. The highest BCUT2D eigenvalue weighted by Gasteiger charge is 2.07. The molecule has 0 saturated heterocycles. The lowest BCUT2D eigenvalue weighted by Crippen LogP contribution is -2.28. The standard InChI is InChI=1S/C12H17N3S/c1-2-15(8-7-13)9-12-14-10-5-3-4-6-11(10)16-12/h3-6H,2,7-9,13H2,1H3. The molecule has 0 spiro atoms. The van der Waals surface area contributed by atoms with E-state index < -0.39 is 0 Å². The lowest BCUT2D eigenvalue weighted by atomic mass is 10.3. The second-order valence-corrected chi connectivity index (χ2v) is 4.85. The summed E-state index contributed by atoms with van der Waals surface area (Å²) in [6.07, 6.45) is 0. The van der Waals surface area contributed by atoms with Crippen LogP contribution in [0.25, 0.3) is 10.2 Å². The van der Waals surface area contributed by atoms with Crippen LogP contribution in [0, 0.1) is 0 Å². The topological polar surface area (TPSA) is 42.1 Å². The number of hydrogen-bond donors (Lipinski definition) is 1. The predicted molar refractivity (Wildman–Crippen MR) is 69.6 cm³/mol. The molecule has 0 radical (unpaired) electrons. The number of likely N-dealkylation sites (N-methyl/N-ethyl adjacent to an activating group) is 1. The van der Waals surface area contributed by atoms with Crippen molar-refractivity contribution in [1.82, 2.24) is 9.88 Å². The number of nitrogens with two attached hydrogens (primary N) is 1. The van der Waals surface area contributed by atoms with Crippen LogP contribution in [-0.4, -0.2) is 29.5 Å². The van der Waals surface area contributed by atoms with E-state index in [1.54, 1.807) is 11.3 Å². The molecule has 1 aromatic heterocycles. The third-order valence-electron chi connectivity index (χ3n) is 2.59. The summed E-state index contributed by atoms with van der Waals surface area (Å²) in [4.78, 5) is 6.94. The van der Waals surface area contributed by atoms with Gasteiger partial charge in [0, 0.05) is 13.1 Å². The van der Waals surface area contributed by atoms with E-state index in [4.69, 9.17) is 5.73 Å². The average molecular weight is 235 g/mol. The highest BCUT2D eigenvalue weighted by molar-refractivity contribution is 7.18. The lowest BCUT2D eigenvalue weighted by molar-refractivity contribution is 0.288. The minimum absolute atomic E-state index is 0.707. The summed E-state index contributed by atoms with van der Waals surface area (Å²) >= 11 is 1.77. The zero-order chi connectivity index (χ0) is 11.4. The third-order valence-corrected chi connectivity index (χ3v) is 3.61. The van der Waals surface area contributed by atoms with Crippen molar-refractivity contribution in [3.63, 3.8) is 0 Å². The van der Waals surface area contributed by atoms with Gasteiger partial charge in [-0.25, -0.2) is 4.98 Å². The smallest absolute Gasteiger partial charge is 0.108 e. The third kappa shape index (κ3) is 2.58. The zero-order valence-electron chi connectivity index (χ0n) is 9.52. The van der Waals surface area contributed by atoms with Gasteiger partial charge in [-0.05, 0) is 18.7 Å². The van der Waals surface area contributed by atoms with Crippen molar-refractivity contribution in [3.05, 3.63) is 29.3 Å². The molecular formula is C12H17N3S. The second kappa shape index (κ2) is 5.39. The molecule has 16 heavy (non-hydrogen) atoms. The molecule has 2 N–H and O–H groups in total. The maximum Gasteiger partial charge on any atom is 0.108 e. The predicted octanol–water partition coefficient (Wildman–Crippen LogP) is 2.08. The van der Waals surface area contributed by atoms with Gasteiger partial charge in [-0.2, -0.15) is 0 Å². The average Bonchev–Trinajstić information content (AvgIpc) is 2.70. The number of thiazole rings is 1. The quantitative estimate of drug-likeness (QED) is 0.862. The number of aromatic nitrogens is 1. The van der Waals surface area contributed by atoms with Crippen molar-refractivity contribution in [2.75, 3.05) is 19.6 Å². The Labute approximate surface area is 99.9 Å². The van der Waals surface area contributed by atoms with Gasteiger partial charge < -0.3 is 5.73 Å². The van der Waals surface area contributed by atoms with Crippen LogP contribution in [0.2, 0.25) is 0 Å². The summed E-state index contributed by atoms with van der Waals surface area (Å²) in [5.74, 6) is 0. The molecule has 0 aliphatic rings. The zero-order valence-corrected chi connectivity index (χ0v) is 10.3. The number of para-hydroxylation sites is 1. The van der Waals surface area contributed by atoms with E-state index in [-0.39, 0.29) is 0 Å². The molecule has 0 unspecified atom stereocenters. The fourth-order valence-electron chi connectivity index (χ4n) is 1.71. The lowest BCUT2D eigenvalue weighted by Gasteiger charge is -2.17. The first-order valence-corrected chi connectivity index (χ1v) is 6.42. The molecule has 2 aromatic rings. The SMILES string of the molecule is CCN(CCN)Cc1nc2ccccc2s1. The van der Waals surface area contributed by atoms with Crippen LogP contribution < -0.4 is 5.73 Å². The van der Waals surface area contributed by atoms with E-state index in [1.807, 2.05) is 6.07 Å². The number of rotatable bonds is 5. The Morgan fingerprint density at radius 3 is 2.88 bits per heavy atom. The van der Waals surface area contributed by atoms with Crippen LogP contribution in [0.4, 0.5) is 0 Å². The molecule has 0 aliphatic heterocycles. The molecular weight excluding hydrogens is 218 g/mol. The maximum atomic E-state index is 5.58. The van der Waals surface area contributed by atoms with Crippen LogP contribution in [-0.2, 0) is 6.54 Å². The summed E-state index contributed by atoms with van der Waals surface area (Å²) < 4.78 is 1.27. The fourth-order valence-corrected chi connectivity index (χ4v) is 2.72. The Hall–Kier alpha value is -0.970. The van der Waals surface area contributed by atoms with Gasteiger partial charge in [-0.15, -0.1) is 11.3 Å². The first-order chi connectivity index (χ1) is 7.83. The van der Waals surface area contributed by atoms with Gasteiger partial charge in [-0.1, -0.05) is 19.1 Å². The maximum absolute atomic E-state index is 5.58. The molecule has 3 nitrogen and oxygen atoms in total. The number of benzene rings is 1. The van der Waals surface area contributed by atoms with Crippen LogP contribution in [0.5, 0.6) is 0 Å². The van der Waals surface area contributed by atoms with Crippen LogP contribution in [0.15, 0.2) is 24.3 Å². The molecule has 86 valence electrons. The van der Waals surface area contributed by atoms with Crippen LogP contribution in [0.1, 0.15) is 11.9 Å². The number of fused-ring (bicyclic) bond motifs is 1. The largest absolute Gasteiger partial charge is 0.329 e. The van der Waals surface area contributed by atoms with Gasteiger partial charge in [0.1, 0.15) is 5.01 Å². The van der Waals surface area contributed by atoms with Crippen LogP contribution in [0.3, 0.4) is 0 Å². The van der Waals surface area contributed by atoms with Crippen molar-refractivity contribution >= 4 is 21.6 Å². The van der Waals surface area contributed by atoms with Crippen LogP contribution >= 0.6 is 11.3 Å². The van der Waals surface area contributed by atoms with E-state index in [0.717, 1.165) is 25.2 Å². The van der Waals surface area contributed by atoms with E-state index in [0.29, 0.717) is 6.54 Å². The monoisotopic (exact) mass is 235 g/mol. The highest BCUT2D eigenvalue weighted by Crippen LogP contribution is 2.22. The number of nitrogens with zero attached hydrogens (tertiary/aromatic N) is 2. The Bertz CT molecular complexity index is 419. The summed E-state index contributed by atoms with van der Waals surface area (Å²) in [7, 11) is 0. The van der Waals surface area contributed by atoms with Crippen molar-refractivity contribution < 1.29 is 0 Å². The van der Waals surface area contributed by atoms with Gasteiger partial charge in [0.25, 0.3) is 0 Å². The molecule has 2 rings (SSSR count). The van der Waals surface area contributed by atoms with Crippen molar-refractivity contribution in [3.8, 4) is 0 Å². The molecule has 0 saturated carbocycles. The van der Waals surface area contributed by atoms with Gasteiger partial charge in [-0.3, -0.25) is 4.90 Å². The first kappa shape index (κ1) is 11.5. The Morgan fingerprint density at radius 2 is 2.19 bits per heavy atom. The minimum atomic E-state index is 0.707. The number of hydrogen-bond acceptors (Lipinski definition) is 4. The molecule has 4 heteroatoms. The molecule has 1 aromatic carbocycles. The summed E-state index contributed by atoms with van der Waals surface area (Å²) in [5.41, 5.74) is 6.68. The van der Waals surface area contributed by atoms with Crippen molar-refractivity contribution in [2.24, 2.45) is 5.73 Å². The summed E-state index contributed by atoms with van der Waals surface area (Å²) in [6, 6.07) is 8.27. The van der Waals surface area contributed by atoms with E-state index in [9.17, 15) is 0 Å².